The van der Waals surface area contributed by atoms with Gasteiger partial charge in [0.25, 0.3) is 5.56 Å². The van der Waals surface area contributed by atoms with Crippen molar-refractivity contribution in [2.24, 2.45) is 0 Å². The van der Waals surface area contributed by atoms with Crippen LogP contribution in [0.5, 0.6) is 0 Å². The first kappa shape index (κ1) is 13.5. The van der Waals surface area contributed by atoms with Gasteiger partial charge in [0.15, 0.2) is 0 Å². The normalized spacial score (nSPS) is 10.7. The highest BCUT2D eigenvalue weighted by atomic mass is 35.5. The van der Waals surface area contributed by atoms with E-state index in [-0.39, 0.29) is 16.6 Å². The maximum absolute atomic E-state index is 12.0. The maximum Gasteiger partial charge on any atom is 0.287 e. The van der Waals surface area contributed by atoms with Crippen LogP contribution in [0.3, 0.4) is 0 Å². The van der Waals surface area contributed by atoms with Gasteiger partial charge in [-0.2, -0.15) is 5.10 Å². The van der Waals surface area contributed by atoms with Gasteiger partial charge in [0.2, 0.25) is 0 Å². The van der Waals surface area contributed by atoms with E-state index in [2.05, 4.69) is 15.4 Å². The molecule has 0 aliphatic heterocycles. The Morgan fingerprint density at radius 2 is 2.21 bits per heavy atom. The van der Waals surface area contributed by atoms with Crippen LogP contribution in [0.1, 0.15) is 25.5 Å². The van der Waals surface area contributed by atoms with Crippen molar-refractivity contribution in [1.29, 1.82) is 0 Å². The molecule has 0 aliphatic carbocycles. The Labute approximate surface area is 116 Å². The molecular formula is C13H15ClN4O. The quantitative estimate of drug-likeness (QED) is 0.933. The molecule has 6 heteroatoms. The van der Waals surface area contributed by atoms with E-state index in [1.165, 1.54) is 4.68 Å². The summed E-state index contributed by atoms with van der Waals surface area (Å²) in [5, 5.41) is 7.34. The highest BCUT2D eigenvalue weighted by molar-refractivity contribution is 6.32. The van der Waals surface area contributed by atoms with Crippen molar-refractivity contribution in [3.05, 3.63) is 51.7 Å². The van der Waals surface area contributed by atoms with E-state index >= 15 is 0 Å². The number of nitrogens with zero attached hydrogens (tertiary/aromatic N) is 3. The standard InChI is InChI=1S/C13H15ClN4O/c1-9(2)18-13(19)12(14)11(8-17-18)16-7-10-4-3-5-15-6-10/h3-6,8-9,16H,7H2,1-2H3. The van der Waals surface area contributed by atoms with Gasteiger partial charge in [-0.25, -0.2) is 4.68 Å². The predicted molar refractivity (Wildman–Crippen MR) is 75.5 cm³/mol. The van der Waals surface area contributed by atoms with Crippen LogP contribution in [-0.4, -0.2) is 14.8 Å². The molecule has 1 N–H and O–H groups in total. The van der Waals surface area contributed by atoms with E-state index in [1.54, 1.807) is 18.6 Å². The number of aromatic nitrogens is 3. The van der Waals surface area contributed by atoms with E-state index < -0.39 is 0 Å². The summed E-state index contributed by atoms with van der Waals surface area (Å²) in [6.07, 6.45) is 5.03. The number of halogens is 1. The van der Waals surface area contributed by atoms with Crippen LogP contribution in [0.25, 0.3) is 0 Å². The lowest BCUT2D eigenvalue weighted by atomic mass is 10.3. The summed E-state index contributed by atoms with van der Waals surface area (Å²) in [7, 11) is 0. The summed E-state index contributed by atoms with van der Waals surface area (Å²) in [5.41, 5.74) is 1.26. The molecule has 0 aliphatic rings. The van der Waals surface area contributed by atoms with Crippen LogP contribution in [-0.2, 0) is 6.54 Å². The Bertz CT molecular complexity index is 610. The second-order valence-electron chi connectivity index (χ2n) is 4.43. The highest BCUT2D eigenvalue weighted by Gasteiger charge is 2.10. The summed E-state index contributed by atoms with van der Waals surface area (Å²) in [5.74, 6) is 0. The van der Waals surface area contributed by atoms with E-state index in [0.29, 0.717) is 12.2 Å². The lowest BCUT2D eigenvalue weighted by Gasteiger charge is -2.12. The van der Waals surface area contributed by atoms with Crippen LogP contribution in [0, 0.1) is 0 Å². The highest BCUT2D eigenvalue weighted by Crippen LogP contribution is 2.17. The zero-order valence-electron chi connectivity index (χ0n) is 10.8. The van der Waals surface area contributed by atoms with Crippen LogP contribution in [0.15, 0.2) is 35.5 Å². The van der Waals surface area contributed by atoms with E-state index in [9.17, 15) is 4.79 Å². The Hall–Kier alpha value is -1.88. The zero-order valence-corrected chi connectivity index (χ0v) is 11.6. The zero-order chi connectivity index (χ0) is 13.8. The molecule has 100 valence electrons. The van der Waals surface area contributed by atoms with Crippen molar-refractivity contribution >= 4 is 17.3 Å². The van der Waals surface area contributed by atoms with Crippen LogP contribution < -0.4 is 10.9 Å². The van der Waals surface area contributed by atoms with Crippen molar-refractivity contribution in [3.63, 3.8) is 0 Å². The van der Waals surface area contributed by atoms with Crippen molar-refractivity contribution in [3.8, 4) is 0 Å². The second-order valence-corrected chi connectivity index (χ2v) is 4.81. The van der Waals surface area contributed by atoms with Gasteiger partial charge in [-0.1, -0.05) is 17.7 Å². The molecule has 2 heterocycles. The van der Waals surface area contributed by atoms with Crippen molar-refractivity contribution < 1.29 is 0 Å². The average molecular weight is 279 g/mol. The predicted octanol–water partition coefficient (Wildman–Crippen LogP) is 2.48. The Morgan fingerprint density at radius 3 is 2.84 bits per heavy atom. The molecule has 0 saturated heterocycles. The molecule has 0 bridgehead atoms. The molecule has 2 rings (SSSR count). The molecule has 5 nitrogen and oxygen atoms in total. The lowest BCUT2D eigenvalue weighted by Crippen LogP contribution is -2.25. The number of hydrogen-bond acceptors (Lipinski definition) is 4. The number of hydrogen-bond donors (Lipinski definition) is 1. The third kappa shape index (κ3) is 3.12. The number of pyridine rings is 1. The van der Waals surface area contributed by atoms with Gasteiger partial charge in [0, 0.05) is 18.9 Å². The minimum Gasteiger partial charge on any atom is -0.378 e. The first-order valence-corrected chi connectivity index (χ1v) is 6.37. The molecule has 2 aromatic heterocycles. The van der Waals surface area contributed by atoms with Crippen LogP contribution >= 0.6 is 11.6 Å². The fourth-order valence-electron chi connectivity index (χ4n) is 1.64. The second kappa shape index (κ2) is 5.84. The Balaban J connectivity index is 2.18. The molecular weight excluding hydrogens is 264 g/mol. The third-order valence-electron chi connectivity index (χ3n) is 2.64. The number of rotatable bonds is 4. The molecule has 0 unspecified atom stereocenters. The smallest absolute Gasteiger partial charge is 0.287 e. The van der Waals surface area contributed by atoms with Crippen molar-refractivity contribution in [2.45, 2.75) is 26.4 Å². The lowest BCUT2D eigenvalue weighted by molar-refractivity contribution is 0.503. The van der Waals surface area contributed by atoms with Gasteiger partial charge in [0.1, 0.15) is 5.02 Å². The third-order valence-corrected chi connectivity index (χ3v) is 3.00. The Kier molecular flexibility index (Phi) is 4.16. The molecule has 0 saturated carbocycles. The van der Waals surface area contributed by atoms with Gasteiger partial charge >= 0.3 is 0 Å². The van der Waals surface area contributed by atoms with Gasteiger partial charge in [-0.3, -0.25) is 9.78 Å². The van der Waals surface area contributed by atoms with Gasteiger partial charge < -0.3 is 5.32 Å². The first-order chi connectivity index (χ1) is 9.09. The number of nitrogens with one attached hydrogen (secondary N) is 1. The van der Waals surface area contributed by atoms with E-state index in [4.69, 9.17) is 11.6 Å². The minimum absolute atomic E-state index is 0.0163. The van der Waals surface area contributed by atoms with Gasteiger partial charge in [-0.15, -0.1) is 0 Å². The molecule has 0 fully saturated rings. The summed E-state index contributed by atoms with van der Waals surface area (Å²) in [6, 6.07) is 3.78. The summed E-state index contributed by atoms with van der Waals surface area (Å²) >= 11 is 6.06. The average Bonchev–Trinajstić information content (AvgIpc) is 2.41. The summed E-state index contributed by atoms with van der Waals surface area (Å²) in [6.45, 7) is 4.31. The molecule has 0 atom stereocenters. The molecule has 0 aromatic carbocycles. The largest absolute Gasteiger partial charge is 0.378 e. The van der Waals surface area contributed by atoms with Gasteiger partial charge in [-0.05, 0) is 25.5 Å². The first-order valence-electron chi connectivity index (χ1n) is 5.99. The maximum atomic E-state index is 12.0. The van der Waals surface area contributed by atoms with Crippen molar-refractivity contribution in [2.75, 3.05) is 5.32 Å². The van der Waals surface area contributed by atoms with Crippen molar-refractivity contribution in [1.82, 2.24) is 14.8 Å². The van der Waals surface area contributed by atoms with Crippen LogP contribution in [0.4, 0.5) is 5.69 Å². The fourth-order valence-corrected chi connectivity index (χ4v) is 1.84. The fraction of sp³-hybridized carbons (Fsp3) is 0.308. The molecule has 0 amide bonds. The SMILES string of the molecule is CC(C)n1ncc(NCc2cccnc2)c(Cl)c1=O. The Morgan fingerprint density at radius 1 is 1.42 bits per heavy atom. The molecule has 0 radical (unpaired) electrons. The topological polar surface area (TPSA) is 59.8 Å². The van der Waals surface area contributed by atoms with E-state index in [0.717, 1.165) is 5.56 Å². The molecule has 19 heavy (non-hydrogen) atoms. The molecule has 0 spiro atoms. The minimum atomic E-state index is -0.284. The van der Waals surface area contributed by atoms with E-state index in [1.807, 2.05) is 26.0 Å². The van der Waals surface area contributed by atoms with Gasteiger partial charge in [0.05, 0.1) is 17.9 Å². The van der Waals surface area contributed by atoms with Crippen LogP contribution in [0.2, 0.25) is 5.02 Å². The summed E-state index contributed by atoms with van der Waals surface area (Å²) in [4.78, 5) is 16.0. The monoisotopic (exact) mass is 278 g/mol. The molecule has 2 aromatic rings. The number of anilines is 1. The summed E-state index contributed by atoms with van der Waals surface area (Å²) < 4.78 is 1.36.